The van der Waals surface area contributed by atoms with Crippen LogP contribution in [0.4, 0.5) is 5.69 Å². The highest BCUT2D eigenvalue weighted by atomic mass is 35.5. The van der Waals surface area contributed by atoms with Gasteiger partial charge in [-0.25, -0.2) is 0 Å². The lowest BCUT2D eigenvalue weighted by molar-refractivity contribution is 0.146. The molecule has 0 amide bonds. The van der Waals surface area contributed by atoms with Crippen LogP contribution in [0.2, 0.25) is 5.02 Å². The Kier molecular flexibility index (Phi) is 8.21. The molecule has 2 aromatic heterocycles. The highest BCUT2D eigenvalue weighted by molar-refractivity contribution is 7.80. The molecule has 2 atom stereocenters. The van der Waals surface area contributed by atoms with E-state index in [2.05, 4.69) is 65.9 Å². The summed E-state index contributed by atoms with van der Waals surface area (Å²) in [6.07, 6.45) is 2.78. The molecule has 0 unspecified atom stereocenters. The van der Waals surface area contributed by atoms with Gasteiger partial charge in [-0.3, -0.25) is 4.98 Å². The van der Waals surface area contributed by atoms with Crippen LogP contribution in [0.5, 0.6) is 5.75 Å². The van der Waals surface area contributed by atoms with Gasteiger partial charge in [-0.2, -0.15) is 0 Å². The highest BCUT2D eigenvalue weighted by Crippen LogP contribution is 2.45. The Morgan fingerprint density at radius 2 is 1.82 bits per heavy atom. The van der Waals surface area contributed by atoms with E-state index in [1.807, 2.05) is 42.6 Å². The molecule has 1 aliphatic heterocycles. The van der Waals surface area contributed by atoms with Gasteiger partial charge < -0.3 is 24.3 Å². The van der Waals surface area contributed by atoms with Gasteiger partial charge in [0.05, 0.1) is 29.4 Å². The van der Waals surface area contributed by atoms with Crippen molar-refractivity contribution in [1.82, 2.24) is 14.9 Å². The van der Waals surface area contributed by atoms with Gasteiger partial charge in [0.1, 0.15) is 12.4 Å². The van der Waals surface area contributed by atoms with Crippen molar-refractivity contribution in [2.75, 3.05) is 25.2 Å². The van der Waals surface area contributed by atoms with Crippen molar-refractivity contribution in [3.05, 3.63) is 106 Å². The van der Waals surface area contributed by atoms with Crippen molar-refractivity contribution in [2.24, 2.45) is 0 Å². The van der Waals surface area contributed by atoms with E-state index in [-0.39, 0.29) is 12.1 Å². The van der Waals surface area contributed by atoms with Crippen molar-refractivity contribution in [1.29, 1.82) is 0 Å². The number of methoxy groups -OCH3 is 1. The lowest BCUT2D eigenvalue weighted by atomic mass is 9.96. The number of hydrogen-bond donors (Lipinski definition) is 1. The van der Waals surface area contributed by atoms with Crippen molar-refractivity contribution < 1.29 is 9.47 Å². The number of nitrogens with one attached hydrogen (secondary N) is 1. The molecule has 8 heteroatoms. The number of aryl methyl sites for hydroxylation is 2. The normalized spacial score (nSPS) is 16.9. The molecule has 39 heavy (non-hydrogen) atoms. The summed E-state index contributed by atoms with van der Waals surface area (Å²) >= 11 is 12.6. The van der Waals surface area contributed by atoms with Crippen LogP contribution in [0.3, 0.4) is 0 Å². The summed E-state index contributed by atoms with van der Waals surface area (Å²) in [6, 6.07) is 22.4. The fraction of sp³-hybridized carbons (Fsp3) is 0.290. The largest absolute Gasteiger partial charge is 0.490 e. The average Bonchev–Trinajstić information content (AvgIpc) is 3.44. The minimum atomic E-state index is -0.148. The lowest BCUT2D eigenvalue weighted by Crippen LogP contribution is -2.29. The molecule has 1 aliphatic rings. The van der Waals surface area contributed by atoms with E-state index in [4.69, 9.17) is 38.3 Å². The summed E-state index contributed by atoms with van der Waals surface area (Å²) in [5.74, 6) is 0.614. The van der Waals surface area contributed by atoms with E-state index in [1.165, 1.54) is 28.2 Å². The second-order valence-electron chi connectivity index (χ2n) is 9.60. The Labute approximate surface area is 240 Å². The first-order chi connectivity index (χ1) is 18.9. The number of hydrogen-bond acceptors (Lipinski definition) is 4. The van der Waals surface area contributed by atoms with Crippen LogP contribution in [0.1, 0.15) is 47.2 Å². The number of ether oxygens (including phenoxy) is 2. The summed E-state index contributed by atoms with van der Waals surface area (Å²) in [4.78, 5) is 6.85. The predicted octanol–water partition coefficient (Wildman–Crippen LogP) is 6.91. The molecular formula is C31H33ClN4O2S. The quantitative estimate of drug-likeness (QED) is 0.177. The Balaban J connectivity index is 1.62. The number of halogens is 1. The number of nitrogens with zero attached hydrogens (tertiary/aromatic N) is 3. The zero-order valence-corrected chi connectivity index (χ0v) is 24.2. The maximum absolute atomic E-state index is 6.68. The SMILES string of the molecule is CCc1ccccc1-n1c(C)cc([C@H]2[C@H](c3ccccn3)NC(=S)N2c2ccc(OCCOC)c(Cl)c2)c1C. The first-order valence-corrected chi connectivity index (χ1v) is 13.9. The van der Waals surface area contributed by atoms with E-state index in [0.717, 1.165) is 17.8 Å². The van der Waals surface area contributed by atoms with Crippen LogP contribution in [-0.2, 0) is 11.2 Å². The van der Waals surface area contributed by atoms with E-state index in [0.29, 0.717) is 29.1 Å². The van der Waals surface area contributed by atoms with Gasteiger partial charge in [0, 0.05) is 36.1 Å². The Bertz CT molecular complexity index is 1470. The van der Waals surface area contributed by atoms with Crippen molar-refractivity contribution in [3.8, 4) is 11.4 Å². The second kappa shape index (κ2) is 11.8. The molecular weight excluding hydrogens is 528 g/mol. The van der Waals surface area contributed by atoms with Crippen LogP contribution >= 0.6 is 23.8 Å². The number of pyridine rings is 1. The second-order valence-corrected chi connectivity index (χ2v) is 10.4. The van der Waals surface area contributed by atoms with Gasteiger partial charge >= 0.3 is 0 Å². The number of para-hydroxylation sites is 1. The van der Waals surface area contributed by atoms with Crippen LogP contribution in [0.25, 0.3) is 5.69 Å². The topological polar surface area (TPSA) is 51.6 Å². The van der Waals surface area contributed by atoms with Crippen LogP contribution in [-0.4, -0.2) is 35.0 Å². The molecule has 1 fully saturated rings. The van der Waals surface area contributed by atoms with E-state index >= 15 is 0 Å². The molecule has 2 aromatic carbocycles. The molecule has 4 aromatic rings. The zero-order valence-electron chi connectivity index (χ0n) is 22.6. The highest BCUT2D eigenvalue weighted by Gasteiger charge is 2.42. The Morgan fingerprint density at radius 1 is 1.03 bits per heavy atom. The summed E-state index contributed by atoms with van der Waals surface area (Å²) in [7, 11) is 1.64. The molecule has 1 saturated heterocycles. The third kappa shape index (κ3) is 5.26. The van der Waals surface area contributed by atoms with E-state index in [1.54, 1.807) is 7.11 Å². The molecule has 3 heterocycles. The summed E-state index contributed by atoms with van der Waals surface area (Å²) in [6.45, 7) is 7.45. The number of thiocarbonyl (C=S) groups is 1. The predicted molar refractivity (Wildman–Crippen MR) is 161 cm³/mol. The third-order valence-electron chi connectivity index (χ3n) is 7.24. The minimum absolute atomic E-state index is 0.141. The molecule has 0 bridgehead atoms. The van der Waals surface area contributed by atoms with E-state index < -0.39 is 0 Å². The first-order valence-electron chi connectivity index (χ1n) is 13.1. The smallest absolute Gasteiger partial charge is 0.174 e. The summed E-state index contributed by atoms with van der Waals surface area (Å²) in [5.41, 5.74) is 7.84. The molecule has 0 radical (unpaired) electrons. The van der Waals surface area contributed by atoms with Crippen molar-refractivity contribution >= 4 is 34.6 Å². The van der Waals surface area contributed by atoms with Crippen LogP contribution in [0.15, 0.2) is 72.9 Å². The summed E-state index contributed by atoms with van der Waals surface area (Å²) in [5, 5.41) is 4.70. The van der Waals surface area contributed by atoms with Crippen molar-refractivity contribution in [3.63, 3.8) is 0 Å². The number of anilines is 1. The van der Waals surface area contributed by atoms with Crippen LogP contribution in [0, 0.1) is 13.8 Å². The molecule has 0 aliphatic carbocycles. The van der Waals surface area contributed by atoms with Gasteiger partial charge in [0.15, 0.2) is 5.11 Å². The fourth-order valence-corrected chi connectivity index (χ4v) is 6.00. The maximum Gasteiger partial charge on any atom is 0.174 e. The number of aromatic nitrogens is 2. The molecule has 0 spiro atoms. The van der Waals surface area contributed by atoms with Crippen LogP contribution < -0.4 is 15.0 Å². The van der Waals surface area contributed by atoms with Gasteiger partial charge in [-0.05, 0) is 86.1 Å². The average molecular weight is 561 g/mol. The Morgan fingerprint density at radius 3 is 2.54 bits per heavy atom. The van der Waals surface area contributed by atoms with Gasteiger partial charge in [0.25, 0.3) is 0 Å². The van der Waals surface area contributed by atoms with Gasteiger partial charge in [-0.15, -0.1) is 0 Å². The number of benzene rings is 2. The molecule has 5 rings (SSSR count). The zero-order chi connectivity index (χ0) is 27.5. The summed E-state index contributed by atoms with van der Waals surface area (Å²) < 4.78 is 13.2. The maximum atomic E-state index is 6.68. The lowest BCUT2D eigenvalue weighted by Gasteiger charge is -2.28. The Hall–Kier alpha value is -3.39. The standard InChI is InChI=1S/C31H33ClN4O2S/c1-5-22-10-6-7-12-27(22)35-20(2)18-24(21(35)3)30-29(26-11-8-9-15-33-26)34-31(39)36(30)23-13-14-28(25(32)19-23)38-17-16-37-4/h6-15,18-19,29-30H,5,16-17H2,1-4H3,(H,34,39)/t29-,30-/m0/s1. The molecule has 0 saturated carbocycles. The number of rotatable bonds is 9. The van der Waals surface area contributed by atoms with Crippen molar-refractivity contribution in [2.45, 2.75) is 39.3 Å². The molecule has 1 N–H and O–H groups in total. The van der Waals surface area contributed by atoms with Gasteiger partial charge in [0.2, 0.25) is 0 Å². The molecule has 202 valence electrons. The van der Waals surface area contributed by atoms with E-state index in [9.17, 15) is 0 Å². The third-order valence-corrected chi connectivity index (χ3v) is 7.85. The fourth-order valence-electron chi connectivity index (χ4n) is 5.43. The first kappa shape index (κ1) is 27.2. The van der Waals surface area contributed by atoms with Gasteiger partial charge in [-0.1, -0.05) is 42.8 Å². The monoisotopic (exact) mass is 560 g/mol. The molecule has 6 nitrogen and oxygen atoms in total. The minimum Gasteiger partial charge on any atom is -0.490 e.